The summed E-state index contributed by atoms with van der Waals surface area (Å²) < 4.78 is 25.5. The van der Waals surface area contributed by atoms with Gasteiger partial charge in [0.05, 0.1) is 20.6 Å². The van der Waals surface area contributed by atoms with Crippen molar-refractivity contribution >= 4 is 27.5 Å². The van der Waals surface area contributed by atoms with Crippen LogP contribution in [0.15, 0.2) is 42.5 Å². The molecule has 0 amide bonds. The van der Waals surface area contributed by atoms with Crippen LogP contribution in [0.2, 0.25) is 0 Å². The standard InChI is InChI=1S/C25H31FN2O3S/c1-5-28(13-15-31-24(29)25(2,3)4)12-14-30-20-10-11-21-22(17-20)32-23(27-21)16-18-6-8-19(26)9-7-18/h6-11,17H,5,12-16H2,1-4H3. The first-order valence-electron chi connectivity index (χ1n) is 10.9. The van der Waals surface area contributed by atoms with Gasteiger partial charge in [0.1, 0.15) is 24.8 Å². The molecule has 0 spiro atoms. The molecular formula is C25H31FN2O3S. The molecule has 172 valence electrons. The van der Waals surface area contributed by atoms with Gasteiger partial charge >= 0.3 is 5.97 Å². The maximum absolute atomic E-state index is 13.1. The number of likely N-dealkylation sites (N-methyl/N-ethyl adjacent to an activating group) is 1. The van der Waals surface area contributed by atoms with Crippen LogP contribution in [-0.4, -0.2) is 48.7 Å². The molecule has 0 saturated heterocycles. The fraction of sp³-hybridized carbons (Fsp3) is 0.440. The zero-order valence-electron chi connectivity index (χ0n) is 19.2. The van der Waals surface area contributed by atoms with Gasteiger partial charge in [0.2, 0.25) is 0 Å². The average Bonchev–Trinajstić information content (AvgIpc) is 3.15. The summed E-state index contributed by atoms with van der Waals surface area (Å²) in [5.74, 6) is 0.401. The van der Waals surface area contributed by atoms with Crippen molar-refractivity contribution in [2.24, 2.45) is 5.41 Å². The number of rotatable bonds is 10. The Morgan fingerprint density at radius 3 is 2.50 bits per heavy atom. The van der Waals surface area contributed by atoms with E-state index in [-0.39, 0.29) is 11.8 Å². The van der Waals surface area contributed by atoms with E-state index in [1.807, 2.05) is 39.0 Å². The molecule has 2 aromatic carbocycles. The van der Waals surface area contributed by atoms with Crippen LogP contribution in [0.5, 0.6) is 5.75 Å². The Balaban J connectivity index is 1.49. The second-order valence-electron chi connectivity index (χ2n) is 8.71. The van der Waals surface area contributed by atoms with Crippen LogP contribution in [0.25, 0.3) is 10.2 Å². The fourth-order valence-corrected chi connectivity index (χ4v) is 4.13. The molecule has 0 fully saturated rings. The minimum atomic E-state index is -0.478. The number of benzene rings is 2. The van der Waals surface area contributed by atoms with Gasteiger partial charge in [0, 0.05) is 19.5 Å². The topological polar surface area (TPSA) is 51.7 Å². The smallest absolute Gasteiger partial charge is 0.311 e. The lowest BCUT2D eigenvalue weighted by Crippen LogP contribution is -2.33. The minimum Gasteiger partial charge on any atom is -0.492 e. The zero-order valence-corrected chi connectivity index (χ0v) is 20.0. The lowest BCUT2D eigenvalue weighted by molar-refractivity contribution is -0.153. The molecule has 0 radical (unpaired) electrons. The molecule has 3 aromatic rings. The molecular weight excluding hydrogens is 427 g/mol. The third-order valence-corrected chi connectivity index (χ3v) is 6.07. The van der Waals surface area contributed by atoms with Crippen LogP contribution in [-0.2, 0) is 16.0 Å². The first kappa shape index (κ1) is 24.1. The number of carbonyl (C=O) groups is 1. The molecule has 5 nitrogen and oxygen atoms in total. The van der Waals surface area contributed by atoms with Crippen LogP contribution in [0.1, 0.15) is 38.3 Å². The Morgan fingerprint density at radius 1 is 1.09 bits per heavy atom. The summed E-state index contributed by atoms with van der Waals surface area (Å²) in [6.45, 7) is 10.9. The molecule has 0 aliphatic heterocycles. The molecule has 0 N–H and O–H groups in total. The van der Waals surface area contributed by atoms with Crippen LogP contribution in [0, 0.1) is 11.2 Å². The van der Waals surface area contributed by atoms with E-state index in [4.69, 9.17) is 9.47 Å². The average molecular weight is 459 g/mol. The second kappa shape index (κ2) is 10.9. The number of ether oxygens (including phenoxy) is 2. The van der Waals surface area contributed by atoms with Crippen LogP contribution in [0.3, 0.4) is 0 Å². The second-order valence-corrected chi connectivity index (χ2v) is 9.82. The van der Waals surface area contributed by atoms with Crippen molar-refractivity contribution in [3.05, 3.63) is 58.9 Å². The van der Waals surface area contributed by atoms with Gasteiger partial charge in [-0.15, -0.1) is 11.3 Å². The number of fused-ring (bicyclic) bond motifs is 1. The normalized spacial score (nSPS) is 11.8. The Labute approximate surface area is 193 Å². The van der Waals surface area contributed by atoms with Crippen molar-refractivity contribution in [1.29, 1.82) is 0 Å². The van der Waals surface area contributed by atoms with E-state index in [2.05, 4.69) is 16.8 Å². The summed E-state index contributed by atoms with van der Waals surface area (Å²) in [4.78, 5) is 18.7. The van der Waals surface area contributed by atoms with Crippen molar-refractivity contribution < 1.29 is 18.7 Å². The Morgan fingerprint density at radius 2 is 1.81 bits per heavy atom. The Bertz CT molecular complexity index is 1030. The summed E-state index contributed by atoms with van der Waals surface area (Å²) in [6, 6.07) is 12.5. The van der Waals surface area contributed by atoms with Crippen LogP contribution < -0.4 is 4.74 Å². The molecule has 0 unspecified atom stereocenters. The highest BCUT2D eigenvalue weighted by atomic mass is 32.1. The Hall–Kier alpha value is -2.51. The van der Waals surface area contributed by atoms with E-state index in [1.54, 1.807) is 23.5 Å². The number of halogens is 1. The van der Waals surface area contributed by atoms with E-state index in [0.717, 1.165) is 39.6 Å². The largest absolute Gasteiger partial charge is 0.492 e. The van der Waals surface area contributed by atoms with E-state index < -0.39 is 5.41 Å². The van der Waals surface area contributed by atoms with Gasteiger partial charge in [0.25, 0.3) is 0 Å². The number of carbonyl (C=O) groups excluding carboxylic acids is 1. The lowest BCUT2D eigenvalue weighted by atomic mass is 9.97. The predicted octanol–water partition coefficient (Wildman–Crippen LogP) is 5.32. The SMILES string of the molecule is CCN(CCOC(=O)C(C)(C)C)CCOc1ccc2nc(Cc3ccc(F)cc3)sc2c1. The molecule has 7 heteroatoms. The van der Waals surface area contributed by atoms with Crippen molar-refractivity contribution in [3.8, 4) is 5.75 Å². The van der Waals surface area contributed by atoms with Crippen molar-refractivity contribution in [1.82, 2.24) is 9.88 Å². The zero-order chi connectivity index (χ0) is 23.1. The quantitative estimate of drug-likeness (QED) is 0.385. The highest BCUT2D eigenvalue weighted by molar-refractivity contribution is 7.18. The highest BCUT2D eigenvalue weighted by Gasteiger charge is 2.22. The highest BCUT2D eigenvalue weighted by Crippen LogP contribution is 2.28. The molecule has 3 rings (SSSR count). The molecule has 0 saturated carbocycles. The third-order valence-electron chi connectivity index (χ3n) is 5.05. The number of aromatic nitrogens is 1. The van der Waals surface area contributed by atoms with Gasteiger partial charge in [-0.05, 0) is 63.2 Å². The molecule has 32 heavy (non-hydrogen) atoms. The van der Waals surface area contributed by atoms with Gasteiger partial charge in [-0.1, -0.05) is 19.1 Å². The summed E-state index contributed by atoms with van der Waals surface area (Å²) in [5, 5.41) is 0.991. The molecule has 0 aliphatic rings. The molecule has 1 aromatic heterocycles. The number of thiazole rings is 1. The maximum Gasteiger partial charge on any atom is 0.311 e. The lowest BCUT2D eigenvalue weighted by Gasteiger charge is -2.22. The van der Waals surface area contributed by atoms with Gasteiger partial charge in [-0.2, -0.15) is 0 Å². The van der Waals surface area contributed by atoms with Gasteiger partial charge in [-0.3, -0.25) is 9.69 Å². The minimum absolute atomic E-state index is 0.179. The molecule has 1 heterocycles. The fourth-order valence-electron chi connectivity index (χ4n) is 3.10. The first-order valence-corrected chi connectivity index (χ1v) is 11.7. The molecule has 0 atom stereocenters. The van der Waals surface area contributed by atoms with Gasteiger partial charge in [0.15, 0.2) is 0 Å². The number of esters is 1. The van der Waals surface area contributed by atoms with E-state index >= 15 is 0 Å². The maximum atomic E-state index is 13.1. The molecule has 0 aliphatic carbocycles. The van der Waals surface area contributed by atoms with Crippen LogP contribution >= 0.6 is 11.3 Å². The summed E-state index contributed by atoms with van der Waals surface area (Å²) in [6.07, 6.45) is 0.682. The van der Waals surface area contributed by atoms with Gasteiger partial charge in [-0.25, -0.2) is 9.37 Å². The monoisotopic (exact) mass is 458 g/mol. The molecule has 0 bridgehead atoms. The number of nitrogens with zero attached hydrogens (tertiary/aromatic N) is 2. The van der Waals surface area contributed by atoms with Crippen LogP contribution in [0.4, 0.5) is 4.39 Å². The summed E-state index contributed by atoms with van der Waals surface area (Å²) in [7, 11) is 0. The van der Waals surface area contributed by atoms with Gasteiger partial charge < -0.3 is 9.47 Å². The van der Waals surface area contributed by atoms with Crippen molar-refractivity contribution in [2.75, 3.05) is 32.8 Å². The van der Waals surface area contributed by atoms with E-state index in [9.17, 15) is 9.18 Å². The first-order chi connectivity index (χ1) is 15.2. The van der Waals surface area contributed by atoms with E-state index in [0.29, 0.717) is 26.2 Å². The number of hydrogen-bond acceptors (Lipinski definition) is 6. The van der Waals surface area contributed by atoms with Crippen molar-refractivity contribution in [3.63, 3.8) is 0 Å². The number of hydrogen-bond donors (Lipinski definition) is 0. The van der Waals surface area contributed by atoms with E-state index in [1.165, 1.54) is 12.1 Å². The van der Waals surface area contributed by atoms with Crippen molar-refractivity contribution in [2.45, 2.75) is 34.1 Å². The Kier molecular flexibility index (Phi) is 8.21. The summed E-state index contributed by atoms with van der Waals surface area (Å²) >= 11 is 1.63. The summed E-state index contributed by atoms with van der Waals surface area (Å²) in [5.41, 5.74) is 1.50. The third kappa shape index (κ3) is 7.00. The predicted molar refractivity (Wildman–Crippen MR) is 127 cm³/mol.